The van der Waals surface area contributed by atoms with Crippen LogP contribution in [0.5, 0.6) is 0 Å². The minimum atomic E-state index is -0.699. The summed E-state index contributed by atoms with van der Waals surface area (Å²) >= 11 is 12.5. The van der Waals surface area contributed by atoms with Gasteiger partial charge in [-0.3, -0.25) is 24.1 Å². The fourth-order valence-electron chi connectivity index (χ4n) is 2.39. The molecule has 0 atom stereocenters. The molecule has 1 fully saturated rings. The Morgan fingerprint density at radius 1 is 1.30 bits per heavy atom. The molecule has 1 aromatic heterocycles. The van der Waals surface area contributed by atoms with Crippen LogP contribution in [0.1, 0.15) is 12.5 Å². The number of carbonyl (C=O) groups is 3. The number of amides is 2. The van der Waals surface area contributed by atoms with E-state index in [0.29, 0.717) is 11.8 Å². The molecule has 7 nitrogen and oxygen atoms in total. The molecule has 0 spiro atoms. The molecule has 10 heteroatoms. The van der Waals surface area contributed by atoms with Gasteiger partial charge >= 0.3 is 5.97 Å². The monoisotopic (exact) mass is 427 g/mol. The van der Waals surface area contributed by atoms with Crippen molar-refractivity contribution in [2.45, 2.75) is 6.92 Å². The van der Waals surface area contributed by atoms with Crippen LogP contribution in [0.25, 0.3) is 17.0 Å². The van der Waals surface area contributed by atoms with Crippen LogP contribution in [0.3, 0.4) is 0 Å². The molecule has 2 amide bonds. The lowest BCUT2D eigenvalue weighted by molar-refractivity contribution is -0.145. The first-order chi connectivity index (χ1) is 12.8. The van der Waals surface area contributed by atoms with Gasteiger partial charge in [0, 0.05) is 5.02 Å². The molecular weight excluding hydrogens is 417 g/mol. The first-order valence-electron chi connectivity index (χ1n) is 7.63. The number of rotatable bonds is 4. The summed E-state index contributed by atoms with van der Waals surface area (Å²) in [5.74, 6) is -1.39. The van der Waals surface area contributed by atoms with Crippen LogP contribution in [-0.4, -0.2) is 35.2 Å². The molecule has 1 aromatic carbocycles. The molecular formula is C17H11Cl2NO6S. The molecule has 0 N–H and O–H groups in total. The zero-order valence-electron chi connectivity index (χ0n) is 13.8. The highest BCUT2D eigenvalue weighted by Gasteiger charge is 2.36. The van der Waals surface area contributed by atoms with Gasteiger partial charge in [0.2, 0.25) is 0 Å². The SMILES string of the molecule is CCOC(=O)CN1C(=O)S/C(=C\c2coc3c(Cl)cc(Cl)cc3c2=O)C1=O. The first kappa shape index (κ1) is 19.5. The van der Waals surface area contributed by atoms with E-state index in [0.717, 1.165) is 11.2 Å². The van der Waals surface area contributed by atoms with Crippen molar-refractivity contribution >= 4 is 69.1 Å². The van der Waals surface area contributed by atoms with E-state index in [-0.39, 0.29) is 38.1 Å². The predicted molar refractivity (Wildman–Crippen MR) is 102 cm³/mol. The molecule has 1 aliphatic rings. The standard InChI is InChI=1S/C17H11Cl2NO6S/c1-2-25-13(21)6-20-16(23)12(27-17(20)24)3-8-7-26-15-10(14(8)22)4-9(18)5-11(15)19/h3-5,7H,2,6H2,1H3/b12-3-. The lowest BCUT2D eigenvalue weighted by Crippen LogP contribution is -2.34. The lowest BCUT2D eigenvalue weighted by Gasteiger charge is -2.10. The van der Waals surface area contributed by atoms with Crippen molar-refractivity contribution in [3.63, 3.8) is 0 Å². The van der Waals surface area contributed by atoms with Gasteiger partial charge in [0.25, 0.3) is 11.1 Å². The summed E-state index contributed by atoms with van der Waals surface area (Å²) in [6.45, 7) is 1.25. The Hall–Kier alpha value is -2.29. The summed E-state index contributed by atoms with van der Waals surface area (Å²) in [7, 11) is 0. The van der Waals surface area contributed by atoms with Crippen LogP contribution in [0.15, 0.2) is 32.5 Å². The van der Waals surface area contributed by atoms with Crippen LogP contribution in [0, 0.1) is 0 Å². The molecule has 0 saturated carbocycles. The minimum Gasteiger partial charge on any atom is -0.465 e. The van der Waals surface area contributed by atoms with E-state index >= 15 is 0 Å². The Morgan fingerprint density at radius 2 is 2.04 bits per heavy atom. The number of hydrogen-bond donors (Lipinski definition) is 0. The van der Waals surface area contributed by atoms with Gasteiger partial charge in [-0.25, -0.2) is 0 Å². The number of halogens is 2. The molecule has 2 aromatic rings. The van der Waals surface area contributed by atoms with Crippen molar-refractivity contribution in [2.24, 2.45) is 0 Å². The molecule has 140 valence electrons. The van der Waals surface area contributed by atoms with Crippen LogP contribution >= 0.6 is 35.0 Å². The number of esters is 1. The van der Waals surface area contributed by atoms with Crippen molar-refractivity contribution in [1.82, 2.24) is 4.90 Å². The third kappa shape index (κ3) is 3.87. The maximum atomic E-state index is 12.6. The summed E-state index contributed by atoms with van der Waals surface area (Å²) in [5.41, 5.74) is -0.251. The van der Waals surface area contributed by atoms with E-state index in [1.54, 1.807) is 6.92 Å². The fourth-order valence-corrected chi connectivity index (χ4v) is 3.76. The Labute approximate surface area is 166 Å². The van der Waals surface area contributed by atoms with Crippen molar-refractivity contribution in [1.29, 1.82) is 0 Å². The molecule has 3 rings (SSSR count). The summed E-state index contributed by atoms with van der Waals surface area (Å²) in [5, 5.41) is -0.0507. The second-order valence-corrected chi connectivity index (χ2v) is 7.19. The van der Waals surface area contributed by atoms with Gasteiger partial charge in [-0.05, 0) is 36.9 Å². The molecule has 0 bridgehead atoms. The third-order valence-corrected chi connectivity index (χ3v) is 4.98. The van der Waals surface area contributed by atoms with E-state index in [1.165, 1.54) is 18.2 Å². The van der Waals surface area contributed by atoms with Crippen molar-refractivity contribution in [3.05, 3.63) is 49.1 Å². The Kier molecular flexibility index (Phi) is 5.59. The topological polar surface area (TPSA) is 93.9 Å². The summed E-state index contributed by atoms with van der Waals surface area (Å²) < 4.78 is 10.1. The Bertz CT molecular complexity index is 1060. The van der Waals surface area contributed by atoms with Gasteiger partial charge in [-0.15, -0.1) is 0 Å². The third-order valence-electron chi connectivity index (χ3n) is 3.57. The van der Waals surface area contributed by atoms with Crippen LogP contribution in [0.2, 0.25) is 10.0 Å². The minimum absolute atomic E-state index is 0.0101. The van der Waals surface area contributed by atoms with E-state index in [1.807, 2.05) is 0 Å². The normalized spacial score (nSPS) is 15.8. The molecule has 27 heavy (non-hydrogen) atoms. The number of benzene rings is 1. The highest BCUT2D eigenvalue weighted by Crippen LogP contribution is 2.32. The highest BCUT2D eigenvalue weighted by atomic mass is 35.5. The van der Waals surface area contributed by atoms with E-state index in [9.17, 15) is 19.2 Å². The molecule has 1 aliphatic heterocycles. The van der Waals surface area contributed by atoms with Crippen molar-refractivity contribution < 1.29 is 23.5 Å². The second-order valence-electron chi connectivity index (χ2n) is 5.36. The quantitative estimate of drug-likeness (QED) is 0.542. The smallest absolute Gasteiger partial charge is 0.326 e. The maximum absolute atomic E-state index is 12.6. The fraction of sp³-hybridized carbons (Fsp3) is 0.176. The highest BCUT2D eigenvalue weighted by molar-refractivity contribution is 8.18. The van der Waals surface area contributed by atoms with Crippen LogP contribution in [0.4, 0.5) is 4.79 Å². The van der Waals surface area contributed by atoms with Gasteiger partial charge in [-0.1, -0.05) is 23.2 Å². The zero-order valence-corrected chi connectivity index (χ0v) is 16.1. The summed E-state index contributed by atoms with van der Waals surface area (Å²) in [4.78, 5) is 49.3. The van der Waals surface area contributed by atoms with Crippen LogP contribution < -0.4 is 5.43 Å². The first-order valence-corrected chi connectivity index (χ1v) is 9.20. The number of hydrogen-bond acceptors (Lipinski definition) is 7. The maximum Gasteiger partial charge on any atom is 0.326 e. The molecule has 1 saturated heterocycles. The second kappa shape index (κ2) is 7.75. The number of imide groups is 1. The largest absolute Gasteiger partial charge is 0.465 e. The van der Waals surface area contributed by atoms with Crippen molar-refractivity contribution in [2.75, 3.05) is 13.2 Å². The van der Waals surface area contributed by atoms with Gasteiger partial charge in [0.15, 0.2) is 11.0 Å². The van der Waals surface area contributed by atoms with E-state index in [2.05, 4.69) is 0 Å². The molecule has 0 aliphatic carbocycles. The zero-order chi connectivity index (χ0) is 19.7. The number of nitrogens with zero attached hydrogens (tertiary/aromatic N) is 1. The van der Waals surface area contributed by atoms with E-state index in [4.69, 9.17) is 32.4 Å². The van der Waals surface area contributed by atoms with Gasteiger partial charge in [-0.2, -0.15) is 0 Å². The molecule has 0 radical (unpaired) electrons. The van der Waals surface area contributed by atoms with E-state index < -0.39 is 29.1 Å². The van der Waals surface area contributed by atoms with Gasteiger partial charge in [0.1, 0.15) is 12.8 Å². The number of fused-ring (bicyclic) bond motifs is 1. The Morgan fingerprint density at radius 3 is 2.74 bits per heavy atom. The summed E-state index contributed by atoms with van der Waals surface area (Å²) in [6, 6.07) is 2.84. The number of carbonyl (C=O) groups excluding carboxylic acids is 3. The average molecular weight is 428 g/mol. The number of thioether (sulfide) groups is 1. The van der Waals surface area contributed by atoms with Crippen LogP contribution in [-0.2, 0) is 14.3 Å². The Balaban J connectivity index is 1.96. The predicted octanol–water partition coefficient (Wildman–Crippen LogP) is 3.70. The van der Waals surface area contributed by atoms with Crippen molar-refractivity contribution in [3.8, 4) is 0 Å². The van der Waals surface area contributed by atoms with Gasteiger partial charge in [0.05, 0.1) is 27.5 Å². The van der Waals surface area contributed by atoms with Gasteiger partial charge < -0.3 is 9.15 Å². The molecule has 0 unspecified atom stereocenters. The summed E-state index contributed by atoms with van der Waals surface area (Å²) in [6.07, 6.45) is 2.37. The number of ether oxygens (including phenoxy) is 1. The molecule has 2 heterocycles. The average Bonchev–Trinajstić information content (AvgIpc) is 2.85. The lowest BCUT2D eigenvalue weighted by atomic mass is 10.1.